The van der Waals surface area contributed by atoms with E-state index in [2.05, 4.69) is 5.32 Å². The fraction of sp³-hybridized carbons (Fsp3) is 0.400. The second-order valence-electron chi connectivity index (χ2n) is 4.06. The number of nitrogens with zero attached hydrogens (tertiary/aromatic N) is 1. The monoisotopic (exact) mass is 280 g/mol. The molecular formula is C10H11F3N2O4. The lowest BCUT2D eigenvalue weighted by Gasteiger charge is -2.17. The van der Waals surface area contributed by atoms with Crippen LogP contribution >= 0.6 is 0 Å². The Morgan fingerprint density at radius 1 is 1.37 bits per heavy atom. The first-order chi connectivity index (χ1) is 8.50. The van der Waals surface area contributed by atoms with Crippen LogP contribution in [0.5, 0.6) is 0 Å². The van der Waals surface area contributed by atoms with Gasteiger partial charge in [-0.2, -0.15) is 13.2 Å². The van der Waals surface area contributed by atoms with Crippen molar-refractivity contribution in [3.8, 4) is 0 Å². The van der Waals surface area contributed by atoms with E-state index in [9.17, 15) is 23.3 Å². The van der Waals surface area contributed by atoms with Gasteiger partial charge in [0.15, 0.2) is 5.79 Å². The summed E-state index contributed by atoms with van der Waals surface area (Å²) in [4.78, 5) is 9.72. The summed E-state index contributed by atoms with van der Waals surface area (Å²) in [6, 6.07) is 1.92. The van der Waals surface area contributed by atoms with Crippen LogP contribution in [0.2, 0.25) is 0 Å². The Kier molecular flexibility index (Phi) is 4.01. The molecule has 0 aliphatic carbocycles. The zero-order valence-corrected chi connectivity index (χ0v) is 9.73. The Balaban J connectivity index is 3.09. The molecule has 0 heterocycles. The van der Waals surface area contributed by atoms with E-state index < -0.39 is 34.7 Å². The zero-order chi connectivity index (χ0) is 14.8. The Bertz CT molecular complexity index is 483. The van der Waals surface area contributed by atoms with Gasteiger partial charge in [-0.1, -0.05) is 0 Å². The molecule has 1 aromatic carbocycles. The van der Waals surface area contributed by atoms with Gasteiger partial charge < -0.3 is 15.5 Å². The summed E-state index contributed by atoms with van der Waals surface area (Å²) >= 11 is 0. The number of hydrogen-bond donors (Lipinski definition) is 3. The molecule has 0 spiro atoms. The molecule has 0 bridgehead atoms. The van der Waals surface area contributed by atoms with Crippen LogP contribution < -0.4 is 5.32 Å². The minimum absolute atomic E-state index is 0.229. The Hall–Kier alpha value is -1.87. The van der Waals surface area contributed by atoms with Crippen molar-refractivity contribution >= 4 is 11.4 Å². The lowest BCUT2D eigenvalue weighted by atomic mass is 10.1. The molecular weight excluding hydrogens is 269 g/mol. The van der Waals surface area contributed by atoms with Crippen molar-refractivity contribution in [1.82, 2.24) is 0 Å². The molecule has 0 aliphatic heterocycles. The number of anilines is 1. The van der Waals surface area contributed by atoms with Gasteiger partial charge in [0, 0.05) is 6.07 Å². The maximum absolute atomic E-state index is 12.4. The first kappa shape index (κ1) is 15.2. The summed E-state index contributed by atoms with van der Waals surface area (Å²) < 4.78 is 37.2. The van der Waals surface area contributed by atoms with Gasteiger partial charge in [-0.25, -0.2) is 0 Å². The van der Waals surface area contributed by atoms with Gasteiger partial charge in [-0.15, -0.1) is 0 Å². The highest BCUT2D eigenvalue weighted by Crippen LogP contribution is 2.34. The van der Waals surface area contributed by atoms with Gasteiger partial charge in [0.1, 0.15) is 5.69 Å². The third-order valence-corrected chi connectivity index (χ3v) is 2.14. The molecule has 0 atom stereocenters. The highest BCUT2D eigenvalue weighted by atomic mass is 19.4. The van der Waals surface area contributed by atoms with Crippen LogP contribution in [0.4, 0.5) is 24.5 Å². The molecule has 106 valence electrons. The Labute approximate surface area is 105 Å². The first-order valence-electron chi connectivity index (χ1n) is 5.05. The zero-order valence-electron chi connectivity index (χ0n) is 9.73. The van der Waals surface area contributed by atoms with Crippen molar-refractivity contribution in [2.75, 3.05) is 11.9 Å². The van der Waals surface area contributed by atoms with Crippen molar-refractivity contribution in [2.24, 2.45) is 0 Å². The van der Waals surface area contributed by atoms with E-state index in [-0.39, 0.29) is 5.69 Å². The highest BCUT2D eigenvalue weighted by Gasteiger charge is 2.33. The molecule has 1 aromatic rings. The van der Waals surface area contributed by atoms with Crippen molar-refractivity contribution in [2.45, 2.75) is 18.9 Å². The van der Waals surface area contributed by atoms with E-state index in [1.807, 2.05) is 0 Å². The summed E-state index contributed by atoms with van der Waals surface area (Å²) in [5.74, 6) is -2.14. The van der Waals surface area contributed by atoms with E-state index in [0.717, 1.165) is 13.0 Å². The van der Waals surface area contributed by atoms with Crippen molar-refractivity contribution < 1.29 is 28.3 Å². The number of nitrogens with one attached hydrogen (secondary N) is 1. The molecule has 9 heteroatoms. The minimum Gasteiger partial charge on any atom is -0.374 e. The molecule has 0 amide bonds. The Morgan fingerprint density at radius 3 is 2.37 bits per heavy atom. The van der Waals surface area contributed by atoms with E-state index in [4.69, 9.17) is 10.2 Å². The van der Waals surface area contributed by atoms with Gasteiger partial charge >= 0.3 is 6.18 Å². The standard InChI is InChI=1S/C10H11F3N2O4/c1-9(16,17)5-14-7-3-2-6(10(11,12)13)4-8(7)15(18)19/h2-4,14,16-17H,5H2,1H3. The van der Waals surface area contributed by atoms with Crippen LogP contribution in [-0.4, -0.2) is 27.5 Å². The molecule has 6 nitrogen and oxygen atoms in total. The van der Waals surface area contributed by atoms with Crippen LogP contribution in [0.3, 0.4) is 0 Å². The number of alkyl halides is 3. The fourth-order valence-electron chi connectivity index (χ4n) is 1.27. The molecule has 3 N–H and O–H groups in total. The second kappa shape index (κ2) is 5.02. The van der Waals surface area contributed by atoms with Gasteiger partial charge in [-0.05, 0) is 19.1 Å². The first-order valence-corrected chi connectivity index (χ1v) is 5.05. The molecule has 0 saturated heterocycles. The van der Waals surface area contributed by atoms with E-state index in [0.29, 0.717) is 12.1 Å². The maximum atomic E-state index is 12.4. The Morgan fingerprint density at radius 2 is 1.95 bits per heavy atom. The van der Waals surface area contributed by atoms with Crippen molar-refractivity contribution in [3.63, 3.8) is 0 Å². The average molecular weight is 280 g/mol. The number of benzene rings is 1. The SMILES string of the molecule is CC(O)(O)CNc1ccc(C(F)(F)F)cc1[N+](=O)[O-]. The van der Waals surface area contributed by atoms with Crippen LogP contribution in [0.25, 0.3) is 0 Å². The molecule has 0 aliphatic rings. The summed E-state index contributed by atoms with van der Waals surface area (Å²) in [6.45, 7) is 0.551. The number of halogens is 3. The lowest BCUT2D eigenvalue weighted by molar-refractivity contribution is -0.384. The lowest BCUT2D eigenvalue weighted by Crippen LogP contribution is -2.32. The predicted octanol–water partition coefficient (Wildman–Crippen LogP) is 1.73. The smallest absolute Gasteiger partial charge is 0.374 e. The minimum atomic E-state index is -4.69. The van der Waals surface area contributed by atoms with E-state index >= 15 is 0 Å². The third kappa shape index (κ3) is 4.38. The summed E-state index contributed by atoms with van der Waals surface area (Å²) in [6.07, 6.45) is -4.69. The number of aliphatic hydroxyl groups is 2. The molecule has 1 rings (SSSR count). The van der Waals surface area contributed by atoms with E-state index in [1.54, 1.807) is 0 Å². The molecule has 0 unspecified atom stereocenters. The molecule has 19 heavy (non-hydrogen) atoms. The van der Waals surface area contributed by atoms with Crippen LogP contribution in [0.15, 0.2) is 18.2 Å². The topological polar surface area (TPSA) is 95.6 Å². The van der Waals surface area contributed by atoms with Crippen molar-refractivity contribution in [1.29, 1.82) is 0 Å². The van der Waals surface area contributed by atoms with Gasteiger partial charge in [0.25, 0.3) is 5.69 Å². The summed E-state index contributed by atoms with van der Waals surface area (Å²) in [7, 11) is 0. The van der Waals surface area contributed by atoms with Crippen LogP contribution in [0, 0.1) is 10.1 Å². The molecule has 0 aromatic heterocycles. The number of hydrogen-bond acceptors (Lipinski definition) is 5. The van der Waals surface area contributed by atoms with Gasteiger partial charge in [0.05, 0.1) is 17.0 Å². The van der Waals surface area contributed by atoms with Gasteiger partial charge in [0.2, 0.25) is 0 Å². The molecule has 0 saturated carbocycles. The third-order valence-electron chi connectivity index (χ3n) is 2.14. The molecule has 0 radical (unpaired) electrons. The van der Waals surface area contributed by atoms with E-state index in [1.165, 1.54) is 0 Å². The predicted molar refractivity (Wildman–Crippen MR) is 59.4 cm³/mol. The highest BCUT2D eigenvalue weighted by molar-refractivity contribution is 5.63. The number of nitro benzene ring substituents is 1. The number of nitro groups is 1. The van der Waals surface area contributed by atoms with Crippen molar-refractivity contribution in [3.05, 3.63) is 33.9 Å². The van der Waals surface area contributed by atoms with Crippen LogP contribution in [0.1, 0.15) is 12.5 Å². The molecule has 0 fully saturated rings. The average Bonchev–Trinajstić information content (AvgIpc) is 2.23. The van der Waals surface area contributed by atoms with Crippen LogP contribution in [-0.2, 0) is 6.18 Å². The summed E-state index contributed by atoms with van der Waals surface area (Å²) in [5.41, 5.74) is -2.17. The summed E-state index contributed by atoms with van der Waals surface area (Å²) in [5, 5.41) is 31.1. The number of rotatable bonds is 4. The second-order valence-corrected chi connectivity index (χ2v) is 4.06. The fourth-order valence-corrected chi connectivity index (χ4v) is 1.27. The largest absolute Gasteiger partial charge is 0.416 e. The van der Waals surface area contributed by atoms with Gasteiger partial charge in [-0.3, -0.25) is 10.1 Å². The normalized spacial score (nSPS) is 12.3. The maximum Gasteiger partial charge on any atom is 0.416 e. The quantitative estimate of drug-likeness (QED) is 0.443.